The van der Waals surface area contributed by atoms with E-state index in [-0.39, 0.29) is 29.7 Å². The number of halogens is 2. The SMILES string of the molecule is C=CC[C@@]1(C)C[C@H](c2cccc(Cl)c2)[C@@H](c2ccc(Cl)cc2)N(C(CC)CCCC(C)=O)C1=O. The molecule has 182 valence electrons. The fraction of sp³-hybridized carbons (Fsp3) is 0.448. The molecule has 1 fully saturated rings. The van der Waals surface area contributed by atoms with Crippen molar-refractivity contribution in [2.24, 2.45) is 5.41 Å². The van der Waals surface area contributed by atoms with Gasteiger partial charge in [-0.25, -0.2) is 0 Å². The van der Waals surface area contributed by atoms with E-state index in [0.717, 1.165) is 30.4 Å². The van der Waals surface area contributed by atoms with Gasteiger partial charge < -0.3 is 9.69 Å². The van der Waals surface area contributed by atoms with Gasteiger partial charge in [-0.15, -0.1) is 6.58 Å². The summed E-state index contributed by atoms with van der Waals surface area (Å²) in [6.45, 7) is 9.75. The maximum absolute atomic E-state index is 14.2. The second-order valence-corrected chi connectivity index (χ2v) is 10.7. The summed E-state index contributed by atoms with van der Waals surface area (Å²) in [6, 6.07) is 15.7. The number of hydrogen-bond donors (Lipinski definition) is 0. The lowest BCUT2D eigenvalue weighted by Gasteiger charge is -2.52. The molecule has 0 spiro atoms. The molecule has 1 unspecified atom stereocenters. The van der Waals surface area contributed by atoms with E-state index in [1.54, 1.807) is 6.92 Å². The van der Waals surface area contributed by atoms with Crippen LogP contribution in [0.4, 0.5) is 0 Å². The zero-order chi connectivity index (χ0) is 24.9. The predicted octanol–water partition coefficient (Wildman–Crippen LogP) is 8.17. The number of amides is 1. The standard InChI is InChI=1S/C29H35Cl2NO2/c1-5-17-29(4)19-26(22-10-8-11-24(31)18-22)27(21-13-15-23(30)16-14-21)32(28(29)34)25(6-2)12-7-9-20(3)33/h5,8,10-11,13-16,18,25-27H,1,6-7,9,12,17,19H2,2-4H3/t25?,26-,27-,29+/m1/s1. The average molecular weight is 501 g/mol. The third-order valence-corrected chi connectivity index (χ3v) is 7.60. The molecule has 0 aliphatic carbocycles. The minimum absolute atomic E-state index is 0.0265. The van der Waals surface area contributed by atoms with Gasteiger partial charge in [0, 0.05) is 28.4 Å². The van der Waals surface area contributed by atoms with Crippen molar-refractivity contribution in [3.8, 4) is 0 Å². The topological polar surface area (TPSA) is 37.4 Å². The number of piperidine rings is 1. The van der Waals surface area contributed by atoms with Crippen LogP contribution in [-0.4, -0.2) is 22.6 Å². The van der Waals surface area contributed by atoms with Crippen molar-refractivity contribution >= 4 is 34.9 Å². The van der Waals surface area contributed by atoms with Crippen molar-refractivity contribution in [2.45, 2.75) is 77.3 Å². The van der Waals surface area contributed by atoms with Crippen LogP contribution >= 0.6 is 23.2 Å². The van der Waals surface area contributed by atoms with Crippen molar-refractivity contribution in [3.05, 3.63) is 82.4 Å². The van der Waals surface area contributed by atoms with Crippen LogP contribution in [0.2, 0.25) is 10.0 Å². The summed E-state index contributed by atoms with van der Waals surface area (Å²) in [5.74, 6) is 0.395. The molecule has 34 heavy (non-hydrogen) atoms. The minimum Gasteiger partial charge on any atom is -0.332 e. The highest BCUT2D eigenvalue weighted by atomic mass is 35.5. The van der Waals surface area contributed by atoms with Crippen LogP contribution in [0, 0.1) is 5.41 Å². The zero-order valence-electron chi connectivity index (χ0n) is 20.4. The molecule has 5 heteroatoms. The number of Topliss-reactive ketones (excluding diaryl/α,β-unsaturated/α-hetero) is 1. The largest absolute Gasteiger partial charge is 0.332 e. The molecular formula is C29H35Cl2NO2. The van der Waals surface area contributed by atoms with Crippen molar-refractivity contribution < 1.29 is 9.59 Å². The molecule has 0 aromatic heterocycles. The first-order valence-electron chi connectivity index (χ1n) is 12.1. The molecule has 0 radical (unpaired) electrons. The molecule has 0 saturated carbocycles. The van der Waals surface area contributed by atoms with Crippen LogP contribution in [0.1, 0.15) is 82.4 Å². The fourth-order valence-corrected chi connectivity index (χ4v) is 5.74. The van der Waals surface area contributed by atoms with Gasteiger partial charge in [0.15, 0.2) is 0 Å². The summed E-state index contributed by atoms with van der Waals surface area (Å²) in [5, 5.41) is 1.36. The molecule has 2 aromatic rings. The van der Waals surface area contributed by atoms with Crippen molar-refractivity contribution in [3.63, 3.8) is 0 Å². The Balaban J connectivity index is 2.15. The normalized spacial score (nSPS) is 23.6. The summed E-state index contributed by atoms with van der Waals surface area (Å²) in [7, 11) is 0. The van der Waals surface area contributed by atoms with E-state index in [1.165, 1.54) is 0 Å². The Morgan fingerprint density at radius 3 is 2.47 bits per heavy atom. The molecule has 1 aliphatic heterocycles. The Hall–Kier alpha value is -2.10. The van der Waals surface area contributed by atoms with Crippen molar-refractivity contribution in [1.82, 2.24) is 4.90 Å². The maximum Gasteiger partial charge on any atom is 0.229 e. The Kier molecular flexibility index (Phi) is 9.01. The molecule has 1 heterocycles. The van der Waals surface area contributed by atoms with Gasteiger partial charge in [0.2, 0.25) is 5.91 Å². The highest BCUT2D eigenvalue weighted by Gasteiger charge is 2.50. The van der Waals surface area contributed by atoms with E-state index < -0.39 is 5.41 Å². The second kappa shape index (κ2) is 11.6. The number of likely N-dealkylation sites (tertiary alicyclic amines) is 1. The second-order valence-electron chi connectivity index (χ2n) is 9.78. The number of rotatable bonds is 10. The molecule has 0 N–H and O–H groups in total. The molecular weight excluding hydrogens is 465 g/mol. The lowest BCUT2D eigenvalue weighted by atomic mass is 9.67. The molecule has 3 rings (SSSR count). The molecule has 0 bridgehead atoms. The van der Waals surface area contributed by atoms with Crippen LogP contribution in [0.25, 0.3) is 0 Å². The number of hydrogen-bond acceptors (Lipinski definition) is 2. The summed E-state index contributed by atoms with van der Waals surface area (Å²) in [4.78, 5) is 27.9. The Morgan fingerprint density at radius 2 is 1.88 bits per heavy atom. The smallest absolute Gasteiger partial charge is 0.229 e. The van der Waals surface area contributed by atoms with Crippen molar-refractivity contribution in [2.75, 3.05) is 0 Å². The molecule has 1 aliphatic rings. The third-order valence-electron chi connectivity index (χ3n) is 7.12. The predicted molar refractivity (Wildman–Crippen MR) is 141 cm³/mol. The fourth-order valence-electron chi connectivity index (χ4n) is 5.42. The van der Waals surface area contributed by atoms with Crippen LogP contribution in [0.3, 0.4) is 0 Å². The first-order valence-corrected chi connectivity index (χ1v) is 12.9. The van der Waals surface area contributed by atoms with Gasteiger partial charge >= 0.3 is 0 Å². The highest BCUT2D eigenvalue weighted by Crippen LogP contribution is 2.52. The highest BCUT2D eigenvalue weighted by molar-refractivity contribution is 6.30. The Labute approximate surface area is 214 Å². The Bertz CT molecular complexity index is 1020. The first kappa shape index (κ1) is 26.5. The van der Waals surface area contributed by atoms with Crippen LogP contribution < -0.4 is 0 Å². The van der Waals surface area contributed by atoms with Crippen LogP contribution in [-0.2, 0) is 9.59 Å². The summed E-state index contributed by atoms with van der Waals surface area (Å²) >= 11 is 12.6. The number of allylic oxidation sites excluding steroid dienone is 1. The van der Waals surface area contributed by atoms with E-state index in [2.05, 4.69) is 31.4 Å². The number of ketones is 1. The zero-order valence-corrected chi connectivity index (χ0v) is 21.9. The molecule has 3 nitrogen and oxygen atoms in total. The summed E-state index contributed by atoms with van der Waals surface area (Å²) in [5.41, 5.74) is 1.62. The van der Waals surface area contributed by atoms with Gasteiger partial charge in [-0.05, 0) is 74.4 Å². The molecule has 1 amide bonds. The van der Waals surface area contributed by atoms with E-state index in [4.69, 9.17) is 23.2 Å². The maximum atomic E-state index is 14.2. The van der Waals surface area contributed by atoms with E-state index >= 15 is 0 Å². The van der Waals surface area contributed by atoms with E-state index in [9.17, 15) is 9.59 Å². The number of carbonyl (C=O) groups is 2. The lowest BCUT2D eigenvalue weighted by Crippen LogP contribution is -2.55. The quantitative estimate of drug-likeness (QED) is 0.309. The average Bonchev–Trinajstić information content (AvgIpc) is 2.79. The number of benzene rings is 2. The van der Waals surface area contributed by atoms with Gasteiger partial charge in [-0.1, -0.05) is 67.4 Å². The minimum atomic E-state index is -0.564. The molecule has 4 atom stereocenters. The van der Waals surface area contributed by atoms with Gasteiger partial charge in [0.25, 0.3) is 0 Å². The molecule has 2 aromatic carbocycles. The third kappa shape index (κ3) is 5.93. The van der Waals surface area contributed by atoms with Gasteiger partial charge in [0.05, 0.1) is 11.5 Å². The van der Waals surface area contributed by atoms with Crippen LogP contribution in [0.5, 0.6) is 0 Å². The van der Waals surface area contributed by atoms with Gasteiger partial charge in [0.1, 0.15) is 5.78 Å². The lowest BCUT2D eigenvalue weighted by molar-refractivity contribution is -0.154. The van der Waals surface area contributed by atoms with E-state index in [0.29, 0.717) is 29.3 Å². The van der Waals surface area contributed by atoms with Gasteiger partial charge in [-0.3, -0.25) is 4.79 Å². The van der Waals surface area contributed by atoms with Gasteiger partial charge in [-0.2, -0.15) is 0 Å². The molecule has 1 saturated heterocycles. The summed E-state index contributed by atoms with van der Waals surface area (Å²) < 4.78 is 0. The first-order chi connectivity index (χ1) is 16.2. The van der Waals surface area contributed by atoms with E-state index in [1.807, 2.05) is 48.5 Å². The monoisotopic (exact) mass is 499 g/mol. The van der Waals surface area contributed by atoms with Crippen LogP contribution in [0.15, 0.2) is 61.2 Å². The number of nitrogens with zero attached hydrogens (tertiary/aromatic N) is 1. The number of carbonyl (C=O) groups excluding carboxylic acids is 2. The Morgan fingerprint density at radius 1 is 1.18 bits per heavy atom. The summed E-state index contributed by atoms with van der Waals surface area (Å²) in [6.07, 6.45) is 6.07. The van der Waals surface area contributed by atoms with Crippen molar-refractivity contribution in [1.29, 1.82) is 0 Å².